The van der Waals surface area contributed by atoms with E-state index >= 15 is 0 Å². The minimum absolute atomic E-state index is 0.0215. The molecule has 0 amide bonds. The molecule has 9 heteroatoms. The van der Waals surface area contributed by atoms with Gasteiger partial charge < -0.3 is 0 Å². The normalized spacial score (nSPS) is 15.6. The van der Waals surface area contributed by atoms with Crippen LogP contribution < -0.4 is 0 Å². The molecule has 3 aromatic rings. The summed E-state index contributed by atoms with van der Waals surface area (Å²) < 4.78 is 59.9. The number of halogens is 1. The Kier molecular flexibility index (Phi) is 12.0. The molecule has 1 aliphatic carbocycles. The number of hydrogen-bond acceptors (Lipinski definition) is 4. The van der Waals surface area contributed by atoms with Crippen LogP contribution >= 0.6 is 15.9 Å². The second-order valence-corrected chi connectivity index (χ2v) is 16.8. The van der Waals surface area contributed by atoms with E-state index in [1.54, 1.807) is 30.3 Å². The molecule has 1 aliphatic rings. The summed E-state index contributed by atoms with van der Waals surface area (Å²) in [7, 11) is -7.85. The predicted molar refractivity (Wildman–Crippen MR) is 187 cm³/mol. The van der Waals surface area contributed by atoms with E-state index in [-0.39, 0.29) is 22.3 Å². The lowest BCUT2D eigenvalue weighted by Gasteiger charge is -2.35. The summed E-state index contributed by atoms with van der Waals surface area (Å²) in [5, 5.41) is 0. The van der Waals surface area contributed by atoms with Gasteiger partial charge in [-0.05, 0) is 94.3 Å². The van der Waals surface area contributed by atoms with E-state index in [2.05, 4.69) is 34.7 Å². The maximum atomic E-state index is 14.4. The maximum absolute atomic E-state index is 14.4. The fraction of sp³-hybridized carbons (Fsp3) is 0.444. The summed E-state index contributed by atoms with van der Waals surface area (Å²) in [6.07, 6.45) is 11.0. The SMILES string of the molecule is CCCCC#C[C@@H](C1CCCCC1)N(C/C(Br)=C/c1cccn1S(=O)(=O)c1c(C)cc(C)cc1C)S(=O)(=O)c1ccc(C)cc1. The van der Waals surface area contributed by atoms with Gasteiger partial charge in [-0.25, -0.2) is 20.8 Å². The average Bonchev–Trinajstić information content (AvgIpc) is 3.45. The van der Waals surface area contributed by atoms with Crippen molar-refractivity contribution in [2.45, 2.75) is 102 Å². The number of rotatable bonds is 11. The van der Waals surface area contributed by atoms with Gasteiger partial charge in [-0.15, -0.1) is 5.92 Å². The van der Waals surface area contributed by atoms with E-state index in [0.29, 0.717) is 21.3 Å². The molecule has 45 heavy (non-hydrogen) atoms. The third-order valence-corrected chi connectivity index (χ3v) is 12.7. The second kappa shape index (κ2) is 15.3. The van der Waals surface area contributed by atoms with Crippen LogP contribution in [-0.2, 0) is 20.0 Å². The molecule has 4 rings (SSSR count). The van der Waals surface area contributed by atoms with Gasteiger partial charge in [-0.3, -0.25) is 0 Å². The van der Waals surface area contributed by atoms with E-state index in [4.69, 9.17) is 0 Å². The van der Waals surface area contributed by atoms with Crippen molar-refractivity contribution < 1.29 is 16.8 Å². The molecule has 1 fully saturated rings. The van der Waals surface area contributed by atoms with Crippen molar-refractivity contribution >= 4 is 42.1 Å². The van der Waals surface area contributed by atoms with Crippen LogP contribution in [0.25, 0.3) is 6.08 Å². The largest absolute Gasteiger partial charge is 0.268 e. The van der Waals surface area contributed by atoms with Crippen LogP contribution in [0.4, 0.5) is 0 Å². The maximum Gasteiger partial charge on any atom is 0.268 e. The number of unbranched alkanes of at least 4 members (excludes halogenated alkanes) is 2. The minimum atomic E-state index is -3.94. The van der Waals surface area contributed by atoms with Gasteiger partial charge >= 0.3 is 0 Å². The molecule has 1 heterocycles. The van der Waals surface area contributed by atoms with Gasteiger partial charge in [0.2, 0.25) is 10.0 Å². The Balaban J connectivity index is 1.78. The van der Waals surface area contributed by atoms with Crippen LogP contribution in [0.1, 0.15) is 86.2 Å². The van der Waals surface area contributed by atoms with E-state index in [9.17, 15) is 16.8 Å². The molecule has 0 N–H and O–H groups in total. The molecular formula is C36H45BrN2O4S2. The average molecular weight is 714 g/mol. The van der Waals surface area contributed by atoms with E-state index < -0.39 is 26.1 Å². The summed E-state index contributed by atoms with van der Waals surface area (Å²) in [4.78, 5) is 0.499. The van der Waals surface area contributed by atoms with Gasteiger partial charge in [0.05, 0.1) is 21.5 Å². The first-order valence-electron chi connectivity index (χ1n) is 15.8. The fourth-order valence-corrected chi connectivity index (χ4v) is 10.2. The Morgan fingerprint density at radius 1 is 0.978 bits per heavy atom. The van der Waals surface area contributed by atoms with Crippen LogP contribution in [-0.4, -0.2) is 37.7 Å². The highest BCUT2D eigenvalue weighted by atomic mass is 79.9. The van der Waals surface area contributed by atoms with Crippen LogP contribution in [0, 0.1) is 45.5 Å². The van der Waals surface area contributed by atoms with Gasteiger partial charge in [0.25, 0.3) is 10.0 Å². The molecule has 1 atom stereocenters. The van der Waals surface area contributed by atoms with E-state index in [0.717, 1.165) is 62.5 Å². The highest BCUT2D eigenvalue weighted by molar-refractivity contribution is 9.11. The summed E-state index contributed by atoms with van der Waals surface area (Å²) in [6.45, 7) is 9.63. The monoisotopic (exact) mass is 712 g/mol. The second-order valence-electron chi connectivity index (χ2n) is 12.2. The van der Waals surface area contributed by atoms with Gasteiger partial charge in [0.1, 0.15) is 0 Å². The van der Waals surface area contributed by atoms with Crippen molar-refractivity contribution in [3.63, 3.8) is 0 Å². The number of hydrogen-bond donors (Lipinski definition) is 0. The molecule has 2 aromatic carbocycles. The molecular weight excluding hydrogens is 668 g/mol. The van der Waals surface area contributed by atoms with Crippen LogP contribution in [0.5, 0.6) is 0 Å². The predicted octanol–water partition coefficient (Wildman–Crippen LogP) is 8.53. The Morgan fingerprint density at radius 3 is 2.24 bits per heavy atom. The lowest BCUT2D eigenvalue weighted by atomic mass is 9.84. The number of benzene rings is 2. The van der Waals surface area contributed by atoms with Crippen molar-refractivity contribution in [1.82, 2.24) is 8.28 Å². The lowest BCUT2D eigenvalue weighted by Crippen LogP contribution is -2.45. The van der Waals surface area contributed by atoms with Gasteiger partial charge in [-0.2, -0.15) is 4.31 Å². The zero-order valence-corrected chi connectivity index (χ0v) is 30.2. The van der Waals surface area contributed by atoms with Gasteiger partial charge in [0.15, 0.2) is 0 Å². The molecule has 0 spiro atoms. The van der Waals surface area contributed by atoms with Crippen molar-refractivity contribution in [1.29, 1.82) is 0 Å². The third kappa shape index (κ3) is 8.40. The molecule has 0 aliphatic heterocycles. The quantitative estimate of drug-likeness (QED) is 0.148. The fourth-order valence-electron chi connectivity index (χ4n) is 6.23. The first-order chi connectivity index (χ1) is 21.4. The molecule has 1 aromatic heterocycles. The number of nitrogens with zero attached hydrogens (tertiary/aromatic N) is 2. The topological polar surface area (TPSA) is 76.5 Å². The van der Waals surface area contributed by atoms with E-state index in [1.807, 2.05) is 52.0 Å². The Bertz CT molecular complexity index is 1770. The smallest absolute Gasteiger partial charge is 0.242 e. The first kappa shape index (κ1) is 35.2. The Morgan fingerprint density at radius 2 is 1.62 bits per heavy atom. The van der Waals surface area contributed by atoms with Crippen LogP contribution in [0.15, 0.2) is 69.0 Å². The molecule has 1 saturated carbocycles. The summed E-state index contributed by atoms with van der Waals surface area (Å²) in [5.74, 6) is 6.82. The molecule has 0 radical (unpaired) electrons. The molecule has 0 bridgehead atoms. The molecule has 242 valence electrons. The van der Waals surface area contributed by atoms with Gasteiger partial charge in [-0.1, -0.05) is 89.8 Å². The lowest BCUT2D eigenvalue weighted by molar-refractivity contribution is 0.244. The molecule has 0 unspecified atom stereocenters. The standard InChI is InChI=1S/C36H45BrN2O4S2/c1-6-7-8-12-17-35(31-14-10-9-11-15-31)39(44(40,41)34-20-18-27(2)19-21-34)26-32(37)25-33-16-13-22-38(33)45(42,43)36-29(4)23-28(3)24-30(36)5/h13,16,18-25,31,35H,6-11,14-15,26H2,1-5H3/b32-25-/t35-/m0/s1. The summed E-state index contributed by atoms with van der Waals surface area (Å²) in [5.41, 5.74) is 3.77. The zero-order chi connectivity index (χ0) is 32.8. The van der Waals surface area contributed by atoms with Crippen molar-refractivity contribution in [2.75, 3.05) is 6.54 Å². The van der Waals surface area contributed by atoms with Crippen molar-refractivity contribution in [3.05, 3.63) is 87.2 Å². The highest BCUT2D eigenvalue weighted by Gasteiger charge is 2.36. The first-order valence-corrected chi connectivity index (χ1v) is 19.5. The number of aromatic nitrogens is 1. The third-order valence-electron chi connectivity index (χ3n) is 8.42. The Labute approximate surface area is 279 Å². The highest BCUT2D eigenvalue weighted by Crippen LogP contribution is 2.34. The minimum Gasteiger partial charge on any atom is -0.242 e. The Hall–Kier alpha value is -2.64. The zero-order valence-electron chi connectivity index (χ0n) is 27.0. The van der Waals surface area contributed by atoms with Gasteiger partial charge in [0, 0.05) is 23.6 Å². The van der Waals surface area contributed by atoms with Crippen molar-refractivity contribution in [3.8, 4) is 11.8 Å². The van der Waals surface area contributed by atoms with E-state index in [1.165, 1.54) is 14.5 Å². The molecule has 0 saturated heterocycles. The number of sulfonamides is 1. The van der Waals surface area contributed by atoms with Crippen molar-refractivity contribution in [2.24, 2.45) is 5.92 Å². The molecule has 6 nitrogen and oxygen atoms in total. The van der Waals surface area contributed by atoms with Crippen LogP contribution in [0.2, 0.25) is 0 Å². The number of aryl methyl sites for hydroxylation is 4. The summed E-state index contributed by atoms with van der Waals surface area (Å²) in [6, 6.07) is 13.6. The van der Waals surface area contributed by atoms with Crippen LogP contribution in [0.3, 0.4) is 0 Å². The summed E-state index contributed by atoms with van der Waals surface area (Å²) >= 11 is 3.66.